The molecule has 9 heteroatoms. The summed E-state index contributed by atoms with van der Waals surface area (Å²) in [4.78, 5) is 0. The first kappa shape index (κ1) is 9.10. The summed E-state index contributed by atoms with van der Waals surface area (Å²) in [5.74, 6) is 0. The zero-order chi connectivity index (χ0) is 7.33. The average molecular weight is 177 g/mol. The van der Waals surface area contributed by atoms with E-state index in [1.165, 1.54) is 4.13 Å². The fraction of sp³-hybridized carbons (Fsp3) is 0. The zero-order valence-corrected chi connectivity index (χ0v) is 5.48. The van der Waals surface area contributed by atoms with Gasteiger partial charge < -0.3 is 0 Å². The van der Waals surface area contributed by atoms with E-state index >= 15 is 0 Å². The van der Waals surface area contributed by atoms with Crippen LogP contribution in [0.2, 0.25) is 0 Å². The van der Waals surface area contributed by atoms with Crippen LogP contribution >= 0.6 is 12.2 Å². The zero-order valence-electron chi connectivity index (χ0n) is 3.84. The Labute approximate surface area is 55.0 Å². The third-order valence-corrected chi connectivity index (χ3v) is 1.45. The van der Waals surface area contributed by atoms with Crippen molar-refractivity contribution in [3.05, 3.63) is 0 Å². The van der Waals surface area contributed by atoms with E-state index in [4.69, 9.17) is 9.81 Å². The normalized spacial score (nSPS) is 11.8. The highest BCUT2D eigenvalue weighted by molar-refractivity contribution is 8.04. The molecule has 0 saturated carbocycles. The highest BCUT2D eigenvalue weighted by Crippen LogP contribution is 1.95. The van der Waals surface area contributed by atoms with Gasteiger partial charge in [0.05, 0.1) is 0 Å². The van der Waals surface area contributed by atoms with Gasteiger partial charge in [-0.05, 0) is 0 Å². The van der Waals surface area contributed by atoms with Gasteiger partial charge in [-0.15, -0.1) is 8.46 Å². The van der Waals surface area contributed by atoms with Crippen LogP contribution in [-0.4, -0.2) is 18.2 Å². The number of hydrogen-bond acceptors (Lipinski definition) is 6. The van der Waals surface area contributed by atoms with Gasteiger partial charge in [-0.25, -0.2) is 5.26 Å². The van der Waals surface area contributed by atoms with Gasteiger partial charge in [0, 0.05) is 0 Å². The van der Waals surface area contributed by atoms with E-state index in [-0.39, 0.29) is 12.2 Å². The first-order valence-electron chi connectivity index (χ1n) is 1.44. The Morgan fingerprint density at radius 3 is 2.44 bits per heavy atom. The summed E-state index contributed by atoms with van der Waals surface area (Å²) in [7, 11) is -4.30. The van der Waals surface area contributed by atoms with Crippen LogP contribution in [0.25, 0.3) is 0 Å². The van der Waals surface area contributed by atoms with Crippen LogP contribution in [0.3, 0.4) is 0 Å². The van der Waals surface area contributed by atoms with Gasteiger partial charge in [-0.3, -0.25) is 4.55 Å². The van der Waals surface area contributed by atoms with Gasteiger partial charge >= 0.3 is 10.3 Å². The lowest BCUT2D eigenvalue weighted by atomic mass is 13.9. The van der Waals surface area contributed by atoms with Crippen LogP contribution in [-0.2, 0) is 19.7 Å². The van der Waals surface area contributed by atoms with Crippen LogP contribution in [0.5, 0.6) is 0 Å². The number of rotatable bonds is 4. The summed E-state index contributed by atoms with van der Waals surface area (Å²) in [5, 5.41) is 10.4. The van der Waals surface area contributed by atoms with E-state index in [0.29, 0.717) is 0 Å². The molecule has 0 aromatic heterocycles. The second-order valence-corrected chi connectivity index (χ2v) is 2.70. The SMILES string of the molecule is O=S(=O)(O)NSOOO. The highest BCUT2D eigenvalue weighted by Gasteiger charge is 2.02. The fourth-order valence-corrected chi connectivity index (χ4v) is 0.558. The molecule has 0 bridgehead atoms. The maximum atomic E-state index is 9.71. The number of nitrogens with one attached hydrogen (secondary N) is 1. The van der Waals surface area contributed by atoms with Crippen LogP contribution in [0.4, 0.5) is 0 Å². The van der Waals surface area contributed by atoms with Crippen molar-refractivity contribution in [2.45, 2.75) is 0 Å². The summed E-state index contributed by atoms with van der Waals surface area (Å²) in [5.41, 5.74) is 0. The third kappa shape index (κ3) is 8.10. The smallest absolute Gasteiger partial charge is 0.273 e. The topological polar surface area (TPSA) is 105 Å². The summed E-state index contributed by atoms with van der Waals surface area (Å²) in [6, 6.07) is 0. The summed E-state index contributed by atoms with van der Waals surface area (Å²) < 4.78 is 32.2. The van der Waals surface area contributed by atoms with Crippen molar-refractivity contribution in [2.75, 3.05) is 0 Å². The maximum absolute atomic E-state index is 9.71. The second kappa shape index (κ2) is 4.00. The van der Waals surface area contributed by atoms with E-state index in [1.807, 2.05) is 0 Å². The molecule has 0 aliphatic carbocycles. The minimum Gasteiger partial charge on any atom is -0.273 e. The minimum absolute atomic E-state index is 0.000000000000000222. The van der Waals surface area contributed by atoms with Crippen molar-refractivity contribution in [1.29, 1.82) is 0 Å². The molecule has 0 rings (SSSR count). The van der Waals surface area contributed by atoms with E-state index in [9.17, 15) is 8.42 Å². The van der Waals surface area contributed by atoms with Crippen molar-refractivity contribution in [3.63, 3.8) is 0 Å². The molecule has 56 valence electrons. The lowest BCUT2D eigenvalue weighted by molar-refractivity contribution is -0.432. The molecule has 0 spiro atoms. The second-order valence-electron chi connectivity index (χ2n) is 0.784. The van der Waals surface area contributed by atoms with E-state index in [2.05, 4.69) is 9.37 Å². The van der Waals surface area contributed by atoms with Gasteiger partial charge in [0.15, 0.2) is 0 Å². The predicted octanol–water partition coefficient (Wildman–Crippen LogP) is -0.637. The molecule has 3 N–H and O–H groups in total. The Bertz CT molecular complexity index is 146. The Morgan fingerprint density at radius 1 is 1.56 bits per heavy atom. The van der Waals surface area contributed by atoms with Crippen LogP contribution < -0.4 is 4.13 Å². The lowest BCUT2D eigenvalue weighted by Crippen LogP contribution is -2.14. The molecule has 0 aromatic carbocycles. The molecule has 0 fully saturated rings. The summed E-state index contributed by atoms with van der Waals surface area (Å²) >= 11 is -0.000000000000000222. The predicted molar refractivity (Wildman–Crippen MR) is 27.1 cm³/mol. The molecule has 0 radical (unpaired) electrons. The van der Waals surface area contributed by atoms with Crippen molar-refractivity contribution in [1.82, 2.24) is 4.13 Å². The molecule has 0 aliphatic heterocycles. The lowest BCUT2D eigenvalue weighted by Gasteiger charge is -1.93. The quantitative estimate of drug-likeness (QED) is 0.131. The van der Waals surface area contributed by atoms with Crippen molar-refractivity contribution < 1.29 is 27.6 Å². The van der Waals surface area contributed by atoms with Crippen molar-refractivity contribution in [2.24, 2.45) is 0 Å². The van der Waals surface area contributed by atoms with Gasteiger partial charge in [0.1, 0.15) is 12.2 Å². The largest absolute Gasteiger partial charge is 0.344 e. The van der Waals surface area contributed by atoms with Gasteiger partial charge in [0.2, 0.25) is 0 Å². The molecular formula is H3NO6S2. The fourth-order valence-electron chi connectivity index (χ4n) is 0.0721. The van der Waals surface area contributed by atoms with Gasteiger partial charge in [-0.1, -0.05) is 5.04 Å². The molecule has 0 aromatic rings. The van der Waals surface area contributed by atoms with E-state index in [0.717, 1.165) is 0 Å². The van der Waals surface area contributed by atoms with Crippen LogP contribution in [0.15, 0.2) is 0 Å². The van der Waals surface area contributed by atoms with Crippen molar-refractivity contribution >= 4 is 22.5 Å². The maximum Gasteiger partial charge on any atom is 0.344 e. The molecular weight excluding hydrogens is 174 g/mol. The molecule has 0 heterocycles. The Kier molecular flexibility index (Phi) is 4.05. The van der Waals surface area contributed by atoms with Crippen molar-refractivity contribution in [3.8, 4) is 0 Å². The van der Waals surface area contributed by atoms with Gasteiger partial charge in [-0.2, -0.15) is 8.42 Å². The third-order valence-electron chi connectivity index (χ3n) is 0.204. The molecule has 0 aliphatic rings. The molecule has 9 heavy (non-hydrogen) atoms. The molecule has 7 nitrogen and oxygen atoms in total. The Balaban J connectivity index is 3.30. The minimum atomic E-state index is -4.30. The molecule has 0 atom stereocenters. The summed E-state index contributed by atoms with van der Waals surface area (Å²) in [6.45, 7) is 0. The average Bonchev–Trinajstić information content (AvgIpc) is 1.63. The first-order valence-corrected chi connectivity index (χ1v) is 3.62. The van der Waals surface area contributed by atoms with Gasteiger partial charge in [0.25, 0.3) is 0 Å². The van der Waals surface area contributed by atoms with Crippen LogP contribution in [0, 0.1) is 0 Å². The molecule has 0 saturated heterocycles. The number of hydrogen-bond donors (Lipinski definition) is 3. The highest BCUT2D eigenvalue weighted by atomic mass is 32.3. The molecule has 0 unspecified atom stereocenters. The Hall–Kier alpha value is 0.1000. The van der Waals surface area contributed by atoms with Crippen LogP contribution in [0.1, 0.15) is 0 Å². The standard InChI is InChI=1S/H3NO6S2/c2-6-7-8-1-9(3,4)5/h1-2H,(H,3,4,5). The first-order chi connectivity index (χ1) is 4.06. The van der Waals surface area contributed by atoms with E-state index in [1.54, 1.807) is 0 Å². The summed E-state index contributed by atoms with van der Waals surface area (Å²) in [6.07, 6.45) is 0. The van der Waals surface area contributed by atoms with E-state index < -0.39 is 10.3 Å². The molecule has 0 amide bonds. The monoisotopic (exact) mass is 177 g/mol. The Morgan fingerprint density at radius 2 is 2.11 bits per heavy atom.